The third-order valence-electron chi connectivity index (χ3n) is 4.75. The van der Waals surface area contributed by atoms with E-state index in [1.54, 1.807) is 7.11 Å². The standard InChI is InChI=1S/C21H24N4O2/c1-26-19-11-5-2-7-15(19)13-23-21-24-18-10-4-3-9-17(18)20(25-21)22-14-16-8-6-12-27-16/h2-5,7,9-11,16H,6,8,12-14H2,1H3,(H2,22,23,24,25). The Kier molecular flexibility index (Phi) is 5.34. The first-order chi connectivity index (χ1) is 13.3. The minimum Gasteiger partial charge on any atom is -0.496 e. The molecule has 0 amide bonds. The van der Waals surface area contributed by atoms with Gasteiger partial charge in [0.1, 0.15) is 11.6 Å². The molecule has 1 unspecified atom stereocenters. The zero-order valence-corrected chi connectivity index (χ0v) is 15.4. The number of ether oxygens (including phenoxy) is 2. The van der Waals surface area contributed by atoms with E-state index in [0.717, 1.165) is 54.0 Å². The molecule has 2 aromatic carbocycles. The van der Waals surface area contributed by atoms with Crippen LogP contribution in [0.15, 0.2) is 48.5 Å². The first-order valence-electron chi connectivity index (χ1n) is 9.31. The lowest BCUT2D eigenvalue weighted by molar-refractivity contribution is 0.120. The number of nitrogens with zero attached hydrogens (tertiary/aromatic N) is 2. The number of benzene rings is 2. The van der Waals surface area contributed by atoms with E-state index in [0.29, 0.717) is 12.5 Å². The second-order valence-corrected chi connectivity index (χ2v) is 6.59. The van der Waals surface area contributed by atoms with E-state index in [1.165, 1.54) is 0 Å². The summed E-state index contributed by atoms with van der Waals surface area (Å²) in [6.45, 7) is 2.20. The van der Waals surface area contributed by atoms with Crippen LogP contribution < -0.4 is 15.4 Å². The molecule has 140 valence electrons. The maximum atomic E-state index is 5.71. The predicted octanol–water partition coefficient (Wildman–Crippen LogP) is 3.84. The van der Waals surface area contributed by atoms with E-state index in [-0.39, 0.29) is 6.10 Å². The summed E-state index contributed by atoms with van der Waals surface area (Å²) in [5, 5.41) is 7.78. The van der Waals surface area contributed by atoms with Crippen molar-refractivity contribution >= 4 is 22.7 Å². The minimum atomic E-state index is 0.253. The number of rotatable bonds is 7. The summed E-state index contributed by atoms with van der Waals surface area (Å²) in [5.41, 5.74) is 1.97. The molecule has 1 aliphatic rings. The molecule has 1 saturated heterocycles. The molecule has 4 rings (SSSR count). The quantitative estimate of drug-likeness (QED) is 0.664. The number of para-hydroxylation sites is 2. The number of nitrogens with one attached hydrogen (secondary N) is 2. The van der Waals surface area contributed by atoms with E-state index >= 15 is 0 Å². The second kappa shape index (κ2) is 8.22. The van der Waals surface area contributed by atoms with Gasteiger partial charge in [0, 0.05) is 30.6 Å². The molecule has 6 heteroatoms. The van der Waals surface area contributed by atoms with Crippen LogP contribution in [0.4, 0.5) is 11.8 Å². The SMILES string of the molecule is COc1ccccc1CNc1nc(NCC2CCCO2)c2ccccc2n1. The van der Waals surface area contributed by atoms with Gasteiger partial charge in [-0.3, -0.25) is 0 Å². The van der Waals surface area contributed by atoms with E-state index < -0.39 is 0 Å². The Balaban J connectivity index is 1.55. The van der Waals surface area contributed by atoms with Gasteiger partial charge < -0.3 is 20.1 Å². The fourth-order valence-electron chi connectivity index (χ4n) is 3.33. The third kappa shape index (κ3) is 4.11. The van der Waals surface area contributed by atoms with Crippen molar-refractivity contribution in [2.45, 2.75) is 25.5 Å². The van der Waals surface area contributed by atoms with E-state index in [2.05, 4.69) is 15.6 Å². The zero-order valence-electron chi connectivity index (χ0n) is 15.4. The Morgan fingerprint density at radius 3 is 2.78 bits per heavy atom. The zero-order chi connectivity index (χ0) is 18.5. The number of hydrogen-bond acceptors (Lipinski definition) is 6. The monoisotopic (exact) mass is 364 g/mol. The van der Waals surface area contributed by atoms with Crippen molar-refractivity contribution in [3.63, 3.8) is 0 Å². The molecule has 6 nitrogen and oxygen atoms in total. The average molecular weight is 364 g/mol. The van der Waals surface area contributed by atoms with Gasteiger partial charge in [0.2, 0.25) is 5.95 Å². The van der Waals surface area contributed by atoms with Crippen LogP contribution in [-0.4, -0.2) is 36.3 Å². The summed E-state index contributed by atoms with van der Waals surface area (Å²) >= 11 is 0. The van der Waals surface area contributed by atoms with Gasteiger partial charge in [0.15, 0.2) is 0 Å². The number of aromatic nitrogens is 2. The van der Waals surface area contributed by atoms with Crippen molar-refractivity contribution in [1.82, 2.24) is 9.97 Å². The lowest BCUT2D eigenvalue weighted by Gasteiger charge is -2.15. The van der Waals surface area contributed by atoms with E-state index in [1.807, 2.05) is 48.5 Å². The summed E-state index contributed by atoms with van der Waals surface area (Å²) in [5.74, 6) is 2.27. The van der Waals surface area contributed by atoms with Crippen molar-refractivity contribution in [2.24, 2.45) is 0 Å². The highest BCUT2D eigenvalue weighted by Crippen LogP contribution is 2.24. The van der Waals surface area contributed by atoms with Crippen LogP contribution in [0.5, 0.6) is 5.75 Å². The van der Waals surface area contributed by atoms with Crippen LogP contribution in [0.2, 0.25) is 0 Å². The maximum absolute atomic E-state index is 5.71. The van der Waals surface area contributed by atoms with E-state index in [4.69, 9.17) is 14.5 Å². The fraction of sp³-hybridized carbons (Fsp3) is 0.333. The molecule has 0 radical (unpaired) electrons. The normalized spacial score (nSPS) is 16.4. The summed E-state index contributed by atoms with van der Waals surface area (Å²) in [7, 11) is 1.68. The lowest BCUT2D eigenvalue weighted by atomic mass is 10.2. The molecule has 0 saturated carbocycles. The largest absolute Gasteiger partial charge is 0.496 e. The average Bonchev–Trinajstić information content (AvgIpc) is 3.24. The van der Waals surface area contributed by atoms with Gasteiger partial charge in [-0.05, 0) is 31.0 Å². The molecular formula is C21H24N4O2. The number of fused-ring (bicyclic) bond motifs is 1. The molecule has 0 bridgehead atoms. The van der Waals surface area contributed by atoms with Crippen molar-refractivity contribution < 1.29 is 9.47 Å². The molecule has 27 heavy (non-hydrogen) atoms. The topological polar surface area (TPSA) is 68.3 Å². The molecule has 2 heterocycles. The van der Waals surface area contributed by atoms with Gasteiger partial charge in [-0.15, -0.1) is 0 Å². The molecule has 0 aliphatic carbocycles. The van der Waals surface area contributed by atoms with Crippen molar-refractivity contribution in [1.29, 1.82) is 0 Å². The highest BCUT2D eigenvalue weighted by molar-refractivity contribution is 5.90. The molecule has 2 N–H and O–H groups in total. The number of hydrogen-bond donors (Lipinski definition) is 2. The first kappa shape index (κ1) is 17.5. The van der Waals surface area contributed by atoms with Crippen molar-refractivity contribution in [3.8, 4) is 5.75 Å². The Bertz CT molecular complexity index is 910. The second-order valence-electron chi connectivity index (χ2n) is 6.59. The Labute approximate surface area is 158 Å². The van der Waals surface area contributed by atoms with Crippen LogP contribution in [0.25, 0.3) is 10.9 Å². The molecule has 1 aliphatic heterocycles. The number of anilines is 2. The van der Waals surface area contributed by atoms with Crippen LogP contribution in [-0.2, 0) is 11.3 Å². The van der Waals surface area contributed by atoms with Crippen molar-refractivity contribution in [3.05, 3.63) is 54.1 Å². The molecule has 3 aromatic rings. The third-order valence-corrected chi connectivity index (χ3v) is 4.75. The Hall–Kier alpha value is -2.86. The Morgan fingerprint density at radius 1 is 1.07 bits per heavy atom. The summed E-state index contributed by atoms with van der Waals surface area (Å²) in [6.07, 6.45) is 2.47. The van der Waals surface area contributed by atoms with Gasteiger partial charge in [0.05, 0.1) is 18.7 Å². The van der Waals surface area contributed by atoms with Gasteiger partial charge >= 0.3 is 0 Å². The molecular weight excluding hydrogens is 340 g/mol. The summed E-state index contributed by atoms with van der Waals surface area (Å²) < 4.78 is 11.1. The first-order valence-corrected chi connectivity index (χ1v) is 9.31. The van der Waals surface area contributed by atoms with Crippen molar-refractivity contribution in [2.75, 3.05) is 30.9 Å². The summed E-state index contributed by atoms with van der Waals surface area (Å²) in [6, 6.07) is 16.0. The highest BCUT2D eigenvalue weighted by atomic mass is 16.5. The van der Waals surface area contributed by atoms with E-state index in [9.17, 15) is 0 Å². The van der Waals surface area contributed by atoms with Gasteiger partial charge in [-0.2, -0.15) is 4.98 Å². The predicted molar refractivity (Wildman–Crippen MR) is 107 cm³/mol. The fourth-order valence-corrected chi connectivity index (χ4v) is 3.33. The highest BCUT2D eigenvalue weighted by Gasteiger charge is 2.16. The number of methoxy groups -OCH3 is 1. The lowest BCUT2D eigenvalue weighted by Crippen LogP contribution is -2.19. The summed E-state index contributed by atoms with van der Waals surface area (Å²) in [4.78, 5) is 9.35. The van der Waals surface area contributed by atoms with Gasteiger partial charge in [-0.1, -0.05) is 30.3 Å². The van der Waals surface area contributed by atoms with Crippen LogP contribution in [0.3, 0.4) is 0 Å². The minimum absolute atomic E-state index is 0.253. The molecule has 0 spiro atoms. The smallest absolute Gasteiger partial charge is 0.225 e. The molecule has 1 aromatic heterocycles. The van der Waals surface area contributed by atoms with Crippen LogP contribution in [0.1, 0.15) is 18.4 Å². The molecule has 1 fully saturated rings. The van der Waals surface area contributed by atoms with Crippen LogP contribution >= 0.6 is 0 Å². The molecule has 1 atom stereocenters. The van der Waals surface area contributed by atoms with Gasteiger partial charge in [-0.25, -0.2) is 4.98 Å². The maximum Gasteiger partial charge on any atom is 0.225 e. The van der Waals surface area contributed by atoms with Crippen LogP contribution in [0, 0.1) is 0 Å². The Morgan fingerprint density at radius 2 is 1.93 bits per heavy atom. The van der Waals surface area contributed by atoms with Gasteiger partial charge in [0.25, 0.3) is 0 Å².